The van der Waals surface area contributed by atoms with E-state index in [1.807, 2.05) is 0 Å². The molecule has 12 heavy (non-hydrogen) atoms. The third-order valence-electron chi connectivity index (χ3n) is 1.10. The highest BCUT2D eigenvalue weighted by molar-refractivity contribution is 7.88. The average Bonchev–Trinajstić information content (AvgIpc) is 2.36. The van der Waals surface area contributed by atoms with E-state index >= 15 is 0 Å². The second kappa shape index (κ2) is 3.59. The number of rotatable bonds is 4. The van der Waals surface area contributed by atoms with Crippen molar-refractivity contribution in [3.05, 3.63) is 6.33 Å². The first-order chi connectivity index (χ1) is 5.58. The molecule has 0 aliphatic carbocycles. The topological polar surface area (TPSA) is 89.8 Å². The first kappa shape index (κ1) is 9.07. The number of nitrogens with zero attached hydrogens (tertiary/aromatic N) is 4. The zero-order valence-corrected chi connectivity index (χ0v) is 7.32. The van der Waals surface area contributed by atoms with Crippen LogP contribution in [0.15, 0.2) is 6.33 Å². The van der Waals surface area contributed by atoms with Crippen LogP contribution >= 0.6 is 0 Å². The van der Waals surface area contributed by atoms with Gasteiger partial charge in [-0.1, -0.05) is 0 Å². The Labute approximate surface area is 69.8 Å². The molecular formula is C4H9N5O2S. The molecule has 0 bridgehead atoms. The Kier molecular flexibility index (Phi) is 2.71. The zero-order valence-electron chi connectivity index (χ0n) is 6.51. The largest absolute Gasteiger partial charge is 0.231 e. The fraction of sp³-hybridized carbons (Fsp3) is 0.750. The Hall–Kier alpha value is -1.02. The molecular weight excluding hydrogens is 182 g/mol. The van der Waals surface area contributed by atoms with Crippen LogP contribution in [0.2, 0.25) is 0 Å². The van der Waals surface area contributed by atoms with Gasteiger partial charge in [-0.05, 0) is 10.4 Å². The highest BCUT2D eigenvalue weighted by Gasteiger charge is 1.99. The van der Waals surface area contributed by atoms with Gasteiger partial charge in [-0.3, -0.25) is 0 Å². The number of nitrogens with one attached hydrogen (secondary N) is 1. The summed E-state index contributed by atoms with van der Waals surface area (Å²) in [4.78, 5) is 0. The van der Waals surface area contributed by atoms with Crippen LogP contribution in [0.1, 0.15) is 0 Å². The van der Waals surface area contributed by atoms with E-state index in [2.05, 4.69) is 20.2 Å². The Morgan fingerprint density at radius 2 is 2.33 bits per heavy atom. The Bertz CT molecular complexity index is 317. The molecule has 0 spiro atoms. The summed E-state index contributed by atoms with van der Waals surface area (Å²) in [5.41, 5.74) is 0. The number of sulfonamides is 1. The SMILES string of the molecule is CS(=O)(=O)NCCn1cnnn1. The van der Waals surface area contributed by atoms with E-state index in [-0.39, 0.29) is 0 Å². The first-order valence-corrected chi connectivity index (χ1v) is 5.12. The van der Waals surface area contributed by atoms with E-state index in [0.717, 1.165) is 6.26 Å². The minimum atomic E-state index is -3.11. The van der Waals surface area contributed by atoms with E-state index in [9.17, 15) is 8.42 Å². The minimum Gasteiger partial charge on any atom is -0.231 e. The van der Waals surface area contributed by atoms with Gasteiger partial charge in [-0.2, -0.15) is 0 Å². The van der Waals surface area contributed by atoms with Crippen LogP contribution in [0.25, 0.3) is 0 Å². The van der Waals surface area contributed by atoms with Crippen molar-refractivity contribution in [2.75, 3.05) is 12.8 Å². The predicted molar refractivity (Wildman–Crippen MR) is 40.7 cm³/mol. The number of aromatic nitrogens is 4. The van der Waals surface area contributed by atoms with Gasteiger partial charge in [0.15, 0.2) is 0 Å². The predicted octanol–water partition coefficient (Wildman–Crippen LogP) is -1.78. The van der Waals surface area contributed by atoms with Crippen LogP contribution in [0.5, 0.6) is 0 Å². The van der Waals surface area contributed by atoms with E-state index in [4.69, 9.17) is 0 Å². The lowest BCUT2D eigenvalue weighted by molar-refractivity contribution is 0.556. The van der Waals surface area contributed by atoms with Crippen LogP contribution < -0.4 is 4.72 Å². The van der Waals surface area contributed by atoms with Gasteiger partial charge in [0.05, 0.1) is 12.8 Å². The Morgan fingerprint density at radius 1 is 1.58 bits per heavy atom. The fourth-order valence-electron chi connectivity index (χ4n) is 0.628. The Morgan fingerprint density at radius 3 is 2.83 bits per heavy atom. The molecule has 1 aromatic rings. The second-order valence-electron chi connectivity index (χ2n) is 2.24. The number of tetrazole rings is 1. The molecule has 0 unspecified atom stereocenters. The maximum absolute atomic E-state index is 10.6. The minimum absolute atomic E-state index is 0.296. The van der Waals surface area contributed by atoms with Gasteiger partial charge in [-0.15, -0.1) is 5.10 Å². The summed E-state index contributed by atoms with van der Waals surface area (Å²) in [5.74, 6) is 0. The van der Waals surface area contributed by atoms with Crippen molar-refractivity contribution in [2.45, 2.75) is 6.54 Å². The van der Waals surface area contributed by atoms with Gasteiger partial charge < -0.3 is 0 Å². The lowest BCUT2D eigenvalue weighted by Gasteiger charge is -1.99. The molecule has 0 amide bonds. The van der Waals surface area contributed by atoms with Gasteiger partial charge in [0.25, 0.3) is 0 Å². The van der Waals surface area contributed by atoms with E-state index in [1.165, 1.54) is 11.0 Å². The molecule has 1 aromatic heterocycles. The van der Waals surface area contributed by atoms with Gasteiger partial charge in [-0.25, -0.2) is 17.8 Å². The maximum atomic E-state index is 10.6. The molecule has 0 radical (unpaired) electrons. The smallest absolute Gasteiger partial charge is 0.208 e. The van der Waals surface area contributed by atoms with Crippen LogP contribution in [0, 0.1) is 0 Å². The molecule has 0 aromatic carbocycles. The van der Waals surface area contributed by atoms with Gasteiger partial charge in [0.2, 0.25) is 10.0 Å². The molecule has 7 nitrogen and oxygen atoms in total. The average molecular weight is 191 g/mol. The highest BCUT2D eigenvalue weighted by atomic mass is 32.2. The molecule has 0 aliphatic rings. The molecule has 0 aliphatic heterocycles. The standard InChI is InChI=1S/C4H9N5O2S/c1-12(10,11)6-2-3-9-4-5-7-8-9/h4,6H,2-3H2,1H3. The summed E-state index contributed by atoms with van der Waals surface area (Å²) in [5, 5.41) is 10.3. The summed E-state index contributed by atoms with van der Waals surface area (Å²) in [6, 6.07) is 0. The molecule has 0 atom stereocenters. The molecule has 0 saturated heterocycles. The molecule has 0 saturated carbocycles. The van der Waals surface area contributed by atoms with Crippen LogP contribution in [0.4, 0.5) is 0 Å². The highest BCUT2D eigenvalue weighted by Crippen LogP contribution is 1.77. The van der Waals surface area contributed by atoms with Crippen LogP contribution in [-0.4, -0.2) is 41.4 Å². The van der Waals surface area contributed by atoms with Gasteiger partial charge in [0, 0.05) is 6.54 Å². The van der Waals surface area contributed by atoms with E-state index in [0.29, 0.717) is 13.1 Å². The van der Waals surface area contributed by atoms with Gasteiger partial charge >= 0.3 is 0 Å². The van der Waals surface area contributed by atoms with Crippen molar-refractivity contribution in [1.29, 1.82) is 0 Å². The van der Waals surface area contributed by atoms with E-state index in [1.54, 1.807) is 0 Å². The van der Waals surface area contributed by atoms with Gasteiger partial charge in [0.1, 0.15) is 6.33 Å². The number of hydrogen-bond acceptors (Lipinski definition) is 5. The monoisotopic (exact) mass is 191 g/mol. The quantitative estimate of drug-likeness (QED) is 0.607. The molecule has 1 N–H and O–H groups in total. The van der Waals surface area contributed by atoms with Crippen molar-refractivity contribution in [1.82, 2.24) is 24.9 Å². The third-order valence-corrected chi connectivity index (χ3v) is 1.83. The third kappa shape index (κ3) is 3.39. The number of hydrogen-bond donors (Lipinski definition) is 1. The van der Waals surface area contributed by atoms with Crippen molar-refractivity contribution < 1.29 is 8.42 Å². The lowest BCUT2D eigenvalue weighted by atomic mass is 10.7. The van der Waals surface area contributed by atoms with Crippen molar-refractivity contribution >= 4 is 10.0 Å². The normalized spacial score (nSPS) is 11.8. The first-order valence-electron chi connectivity index (χ1n) is 3.23. The molecule has 1 heterocycles. The van der Waals surface area contributed by atoms with E-state index < -0.39 is 10.0 Å². The molecule has 8 heteroatoms. The van der Waals surface area contributed by atoms with Crippen LogP contribution in [0.3, 0.4) is 0 Å². The summed E-state index contributed by atoms with van der Waals surface area (Å²) in [6.07, 6.45) is 2.52. The zero-order chi connectivity index (χ0) is 9.03. The second-order valence-corrected chi connectivity index (χ2v) is 4.07. The van der Waals surface area contributed by atoms with Crippen molar-refractivity contribution in [2.24, 2.45) is 0 Å². The van der Waals surface area contributed by atoms with Crippen molar-refractivity contribution in [3.63, 3.8) is 0 Å². The van der Waals surface area contributed by atoms with Crippen molar-refractivity contribution in [3.8, 4) is 0 Å². The molecule has 1 rings (SSSR count). The summed E-state index contributed by atoms with van der Waals surface area (Å²) < 4.78 is 24.9. The Balaban J connectivity index is 2.29. The summed E-state index contributed by atoms with van der Waals surface area (Å²) in [6.45, 7) is 0.726. The molecule has 0 fully saturated rings. The lowest BCUT2D eigenvalue weighted by Crippen LogP contribution is -2.26. The summed E-state index contributed by atoms with van der Waals surface area (Å²) in [7, 11) is -3.11. The van der Waals surface area contributed by atoms with Crippen LogP contribution in [-0.2, 0) is 16.6 Å². The molecule has 68 valence electrons. The maximum Gasteiger partial charge on any atom is 0.208 e. The fourth-order valence-corrected chi connectivity index (χ4v) is 1.09. The summed E-state index contributed by atoms with van der Waals surface area (Å²) >= 11 is 0.